The highest BCUT2D eigenvalue weighted by molar-refractivity contribution is 7.19. The predicted octanol–water partition coefficient (Wildman–Crippen LogP) is 6.69. The van der Waals surface area contributed by atoms with Crippen molar-refractivity contribution in [3.63, 3.8) is 0 Å². The summed E-state index contributed by atoms with van der Waals surface area (Å²) in [5, 5.41) is 10.4. The van der Waals surface area contributed by atoms with Crippen molar-refractivity contribution in [1.29, 1.82) is 5.26 Å². The SMILES string of the molecule is N#CC(=Cc1c(Cl)cccc1Cl)c1nc2cc(C(F)(F)F)ccc2s1. The lowest BCUT2D eigenvalue weighted by Crippen LogP contribution is -2.03. The summed E-state index contributed by atoms with van der Waals surface area (Å²) in [6.45, 7) is 0. The van der Waals surface area contributed by atoms with Crippen molar-refractivity contribution in [3.05, 3.63) is 62.6 Å². The lowest BCUT2D eigenvalue weighted by molar-refractivity contribution is -0.137. The summed E-state index contributed by atoms with van der Waals surface area (Å²) in [4.78, 5) is 4.16. The molecule has 0 atom stereocenters. The third-order valence-electron chi connectivity index (χ3n) is 3.35. The second-order valence-corrected chi connectivity index (χ2v) is 6.85. The topological polar surface area (TPSA) is 36.7 Å². The zero-order valence-corrected chi connectivity index (χ0v) is 14.6. The number of nitriles is 1. The number of benzene rings is 2. The molecule has 0 fully saturated rings. The number of alkyl halides is 3. The molecule has 0 saturated heterocycles. The number of hydrogen-bond donors (Lipinski definition) is 0. The Morgan fingerprint density at radius 2 is 1.84 bits per heavy atom. The van der Waals surface area contributed by atoms with Gasteiger partial charge in [0.25, 0.3) is 0 Å². The van der Waals surface area contributed by atoms with Gasteiger partial charge in [-0.15, -0.1) is 11.3 Å². The van der Waals surface area contributed by atoms with E-state index >= 15 is 0 Å². The lowest BCUT2D eigenvalue weighted by Gasteiger charge is -2.04. The van der Waals surface area contributed by atoms with Crippen LogP contribution in [0.25, 0.3) is 21.9 Å². The van der Waals surface area contributed by atoms with Crippen LogP contribution in [0.2, 0.25) is 10.0 Å². The quantitative estimate of drug-likeness (QED) is 0.451. The Hall–Kier alpha value is -2.07. The van der Waals surface area contributed by atoms with E-state index in [-0.39, 0.29) is 11.1 Å². The van der Waals surface area contributed by atoms with Crippen LogP contribution in [0.3, 0.4) is 0 Å². The van der Waals surface area contributed by atoms with Gasteiger partial charge in [0.15, 0.2) is 0 Å². The van der Waals surface area contributed by atoms with Crippen molar-refractivity contribution in [1.82, 2.24) is 4.98 Å². The van der Waals surface area contributed by atoms with Gasteiger partial charge in [-0.25, -0.2) is 4.98 Å². The van der Waals surface area contributed by atoms with Crippen molar-refractivity contribution < 1.29 is 13.2 Å². The second-order valence-electron chi connectivity index (χ2n) is 5.00. The standard InChI is InChI=1S/C17H7Cl2F3N2S/c18-12-2-1-3-13(19)11(12)6-9(8-23)16-24-14-7-10(17(20,21)22)4-5-15(14)25-16/h1-7H. The molecule has 8 heteroatoms. The van der Waals surface area contributed by atoms with Gasteiger partial charge in [0.1, 0.15) is 11.1 Å². The lowest BCUT2D eigenvalue weighted by atomic mass is 10.1. The number of rotatable bonds is 2. The molecule has 0 bridgehead atoms. The van der Waals surface area contributed by atoms with E-state index in [1.807, 2.05) is 6.07 Å². The molecule has 0 aliphatic carbocycles. The number of halogens is 5. The Morgan fingerprint density at radius 1 is 1.16 bits per heavy atom. The van der Waals surface area contributed by atoms with Crippen molar-refractivity contribution in [3.8, 4) is 6.07 Å². The highest BCUT2D eigenvalue weighted by Crippen LogP contribution is 2.35. The Labute approximate surface area is 154 Å². The molecular weight excluding hydrogens is 392 g/mol. The van der Waals surface area contributed by atoms with Crippen molar-refractivity contribution in [2.75, 3.05) is 0 Å². The number of nitrogens with zero attached hydrogens (tertiary/aromatic N) is 2. The minimum atomic E-state index is -4.45. The maximum Gasteiger partial charge on any atom is 0.416 e. The first-order chi connectivity index (χ1) is 11.8. The number of hydrogen-bond acceptors (Lipinski definition) is 3. The largest absolute Gasteiger partial charge is 0.416 e. The molecule has 0 saturated carbocycles. The van der Waals surface area contributed by atoms with Crippen LogP contribution in [0.5, 0.6) is 0 Å². The van der Waals surface area contributed by atoms with Crippen LogP contribution in [0.1, 0.15) is 16.1 Å². The van der Waals surface area contributed by atoms with Gasteiger partial charge >= 0.3 is 6.18 Å². The first-order valence-corrected chi connectivity index (χ1v) is 8.41. The molecule has 25 heavy (non-hydrogen) atoms. The molecule has 0 radical (unpaired) electrons. The Morgan fingerprint density at radius 3 is 2.44 bits per heavy atom. The molecular formula is C17H7Cl2F3N2S. The zero-order chi connectivity index (χ0) is 18.2. The van der Waals surface area contributed by atoms with Gasteiger partial charge in [-0.05, 0) is 36.4 Å². The predicted molar refractivity (Wildman–Crippen MR) is 94.6 cm³/mol. The van der Waals surface area contributed by atoms with E-state index in [4.69, 9.17) is 23.2 Å². The molecule has 3 rings (SSSR count). The summed E-state index contributed by atoms with van der Waals surface area (Å²) in [6, 6.07) is 10.2. The van der Waals surface area contributed by atoms with Crippen molar-refractivity contribution in [2.24, 2.45) is 0 Å². The van der Waals surface area contributed by atoms with Crippen LogP contribution in [-0.4, -0.2) is 4.98 Å². The Kier molecular flexibility index (Phi) is 4.74. The smallest absolute Gasteiger partial charge is 0.235 e. The van der Waals surface area contributed by atoms with Crippen LogP contribution < -0.4 is 0 Å². The molecule has 0 aliphatic heterocycles. The normalized spacial score (nSPS) is 12.4. The molecule has 2 aromatic carbocycles. The second kappa shape index (κ2) is 6.68. The number of fused-ring (bicyclic) bond motifs is 1. The average molecular weight is 399 g/mol. The first kappa shape index (κ1) is 17.7. The van der Waals surface area contributed by atoms with Crippen LogP contribution in [0, 0.1) is 11.3 Å². The first-order valence-electron chi connectivity index (χ1n) is 6.83. The van der Waals surface area contributed by atoms with E-state index in [0.717, 1.165) is 23.5 Å². The molecule has 1 aromatic heterocycles. The summed E-state index contributed by atoms with van der Waals surface area (Å²) in [7, 11) is 0. The molecule has 126 valence electrons. The third-order valence-corrected chi connectivity index (χ3v) is 5.08. The van der Waals surface area contributed by atoms with Gasteiger partial charge < -0.3 is 0 Å². The van der Waals surface area contributed by atoms with Gasteiger partial charge in [0.2, 0.25) is 0 Å². The highest BCUT2D eigenvalue weighted by atomic mass is 35.5. The molecule has 1 heterocycles. The fourth-order valence-electron chi connectivity index (χ4n) is 2.15. The molecule has 0 amide bonds. The number of allylic oxidation sites excluding steroid dienone is 1. The Balaban J connectivity index is 2.11. The van der Waals surface area contributed by atoms with Crippen LogP contribution in [-0.2, 0) is 6.18 Å². The van der Waals surface area contributed by atoms with Crippen molar-refractivity contribution >= 4 is 56.4 Å². The number of thiazole rings is 1. The summed E-state index contributed by atoms with van der Waals surface area (Å²) < 4.78 is 39.0. The fraction of sp³-hybridized carbons (Fsp3) is 0.0588. The molecule has 0 spiro atoms. The van der Waals surface area contributed by atoms with E-state index in [0.29, 0.717) is 25.3 Å². The fourth-order valence-corrected chi connectivity index (χ4v) is 3.57. The molecule has 2 nitrogen and oxygen atoms in total. The van der Waals surface area contributed by atoms with Crippen LogP contribution in [0.15, 0.2) is 36.4 Å². The summed E-state index contributed by atoms with van der Waals surface area (Å²) >= 11 is 13.3. The maximum atomic E-state index is 12.8. The summed E-state index contributed by atoms with van der Waals surface area (Å²) in [6.07, 6.45) is -2.97. The molecule has 0 aliphatic rings. The summed E-state index contributed by atoms with van der Waals surface area (Å²) in [5.74, 6) is 0. The molecule has 3 aromatic rings. The highest BCUT2D eigenvalue weighted by Gasteiger charge is 2.30. The molecule has 0 N–H and O–H groups in total. The van der Waals surface area contributed by atoms with Gasteiger partial charge in [0.05, 0.1) is 21.4 Å². The minimum absolute atomic E-state index is 0.171. The van der Waals surface area contributed by atoms with E-state index in [2.05, 4.69) is 4.98 Å². The zero-order valence-electron chi connectivity index (χ0n) is 12.2. The van der Waals surface area contributed by atoms with E-state index in [1.54, 1.807) is 18.2 Å². The average Bonchev–Trinajstić information content (AvgIpc) is 2.96. The van der Waals surface area contributed by atoms with E-state index < -0.39 is 11.7 Å². The van der Waals surface area contributed by atoms with Gasteiger partial charge in [-0.3, -0.25) is 0 Å². The van der Waals surface area contributed by atoms with Crippen molar-refractivity contribution in [2.45, 2.75) is 6.18 Å². The summed E-state index contributed by atoms with van der Waals surface area (Å²) in [5.41, 5.74) is 0.0251. The monoisotopic (exact) mass is 398 g/mol. The Bertz CT molecular complexity index is 1010. The van der Waals surface area contributed by atoms with Gasteiger partial charge in [-0.2, -0.15) is 18.4 Å². The number of aromatic nitrogens is 1. The van der Waals surface area contributed by atoms with Gasteiger partial charge in [-0.1, -0.05) is 29.3 Å². The molecule has 0 unspecified atom stereocenters. The van der Waals surface area contributed by atoms with E-state index in [1.165, 1.54) is 12.1 Å². The van der Waals surface area contributed by atoms with E-state index in [9.17, 15) is 18.4 Å². The third kappa shape index (κ3) is 3.64. The maximum absolute atomic E-state index is 12.8. The van der Waals surface area contributed by atoms with Crippen LogP contribution >= 0.6 is 34.5 Å². The van der Waals surface area contributed by atoms with Gasteiger partial charge in [0, 0.05) is 15.6 Å². The minimum Gasteiger partial charge on any atom is -0.235 e. The van der Waals surface area contributed by atoms with Crippen LogP contribution in [0.4, 0.5) is 13.2 Å².